The zero-order valence-corrected chi connectivity index (χ0v) is 19.2. The van der Waals surface area contributed by atoms with Crippen LogP contribution in [-0.4, -0.2) is 53.9 Å². The maximum absolute atomic E-state index is 12.8. The number of nitrogens with one attached hydrogen (secondary N) is 1. The van der Waals surface area contributed by atoms with Gasteiger partial charge in [0.2, 0.25) is 11.8 Å². The molecule has 2 atom stereocenters. The van der Waals surface area contributed by atoms with E-state index < -0.39 is 11.9 Å². The molecule has 1 aromatic heterocycles. The van der Waals surface area contributed by atoms with Crippen LogP contribution in [0.15, 0.2) is 30.5 Å². The molecule has 2 fully saturated rings. The Balaban J connectivity index is 1.39. The summed E-state index contributed by atoms with van der Waals surface area (Å²) in [6, 6.07) is 7.34. The van der Waals surface area contributed by atoms with Gasteiger partial charge in [-0.15, -0.1) is 11.3 Å². The molecule has 0 spiro atoms. The quantitative estimate of drug-likeness (QED) is 0.671. The van der Waals surface area contributed by atoms with Gasteiger partial charge in [0.15, 0.2) is 5.13 Å². The van der Waals surface area contributed by atoms with Gasteiger partial charge in [0.05, 0.1) is 24.3 Å². The first-order valence-corrected chi connectivity index (χ1v) is 11.7. The predicted octanol–water partition coefficient (Wildman–Crippen LogP) is 3.30. The maximum atomic E-state index is 12.8. The van der Waals surface area contributed by atoms with Crippen LogP contribution in [0.2, 0.25) is 0 Å². The molecule has 4 rings (SSSR count). The number of hydrogen-bond acceptors (Lipinski definition) is 7. The van der Waals surface area contributed by atoms with Gasteiger partial charge in [-0.05, 0) is 38.4 Å². The molecule has 0 bridgehead atoms. The lowest BCUT2D eigenvalue weighted by Gasteiger charge is -2.32. The normalized spacial score (nSPS) is 21.6. The van der Waals surface area contributed by atoms with Crippen LogP contribution >= 0.6 is 11.3 Å². The molecule has 2 aliphatic heterocycles. The summed E-state index contributed by atoms with van der Waals surface area (Å²) < 4.78 is 4.82. The molecule has 0 aliphatic carbocycles. The minimum atomic E-state index is -0.514. The lowest BCUT2D eigenvalue weighted by Crippen LogP contribution is -2.36. The zero-order chi connectivity index (χ0) is 22.7. The van der Waals surface area contributed by atoms with E-state index >= 15 is 0 Å². The number of amides is 2. The van der Waals surface area contributed by atoms with E-state index in [9.17, 15) is 14.4 Å². The Labute approximate surface area is 191 Å². The third-order valence-electron chi connectivity index (χ3n) is 6.18. The number of rotatable bonds is 6. The van der Waals surface area contributed by atoms with Crippen molar-refractivity contribution in [3.05, 3.63) is 40.9 Å². The summed E-state index contributed by atoms with van der Waals surface area (Å²) in [6.07, 6.45) is 5.62. The van der Waals surface area contributed by atoms with E-state index in [1.165, 1.54) is 42.6 Å². The van der Waals surface area contributed by atoms with Gasteiger partial charge in [0.1, 0.15) is 0 Å². The second-order valence-electron chi connectivity index (χ2n) is 8.35. The summed E-state index contributed by atoms with van der Waals surface area (Å²) in [5.74, 6) is -1.45. The van der Waals surface area contributed by atoms with Crippen LogP contribution in [0.3, 0.4) is 0 Å². The van der Waals surface area contributed by atoms with E-state index in [-0.39, 0.29) is 24.8 Å². The monoisotopic (exact) mass is 456 g/mol. The number of hydrogen-bond donors (Lipinski definition) is 1. The Morgan fingerprint density at radius 2 is 2.09 bits per heavy atom. The average Bonchev–Trinajstić information content (AvgIpc) is 3.41. The summed E-state index contributed by atoms with van der Waals surface area (Å²) in [6.45, 7) is 4.40. The number of carbonyl (C=O) groups excluding carboxylic acids is 3. The van der Waals surface area contributed by atoms with Gasteiger partial charge >= 0.3 is 5.97 Å². The molecule has 0 saturated carbocycles. The van der Waals surface area contributed by atoms with Crippen molar-refractivity contribution >= 4 is 39.9 Å². The summed E-state index contributed by atoms with van der Waals surface area (Å²) in [7, 11) is 1.30. The molecule has 2 amide bonds. The lowest BCUT2D eigenvalue weighted by atomic mass is 10.0. The van der Waals surface area contributed by atoms with Crippen LogP contribution in [0.1, 0.15) is 47.8 Å². The van der Waals surface area contributed by atoms with Crippen molar-refractivity contribution in [2.24, 2.45) is 5.92 Å². The largest absolute Gasteiger partial charge is 0.465 e. The highest BCUT2D eigenvalue weighted by atomic mass is 32.1. The van der Waals surface area contributed by atoms with Gasteiger partial charge in [-0.2, -0.15) is 0 Å². The van der Waals surface area contributed by atoms with Gasteiger partial charge in [-0.3, -0.25) is 14.5 Å². The van der Waals surface area contributed by atoms with Gasteiger partial charge in [-0.1, -0.05) is 18.6 Å². The highest BCUT2D eigenvalue weighted by molar-refractivity contribution is 7.15. The Morgan fingerprint density at radius 3 is 2.88 bits per heavy atom. The van der Waals surface area contributed by atoms with Crippen molar-refractivity contribution in [3.63, 3.8) is 0 Å². The minimum Gasteiger partial charge on any atom is -0.465 e. The highest BCUT2D eigenvalue weighted by Crippen LogP contribution is 2.30. The Morgan fingerprint density at radius 1 is 1.28 bits per heavy atom. The number of para-hydroxylation sites is 1. The fourth-order valence-electron chi connectivity index (χ4n) is 4.35. The Kier molecular flexibility index (Phi) is 6.86. The molecule has 0 radical (unpaired) electrons. The van der Waals surface area contributed by atoms with Gasteiger partial charge in [0, 0.05) is 36.6 Å². The SMILES string of the molecule is COC(=O)c1ccccc1N1CC(C(=O)Nc2ncc(CN3CCCCC3C)s2)CC1=O. The molecule has 2 saturated heterocycles. The van der Waals surface area contributed by atoms with Crippen molar-refractivity contribution in [1.29, 1.82) is 0 Å². The van der Waals surface area contributed by atoms with Gasteiger partial charge in [-0.25, -0.2) is 9.78 Å². The molecule has 170 valence electrons. The molecule has 2 aromatic rings. The number of aromatic nitrogens is 1. The van der Waals surface area contributed by atoms with Crippen LogP contribution in [0.5, 0.6) is 0 Å². The third-order valence-corrected chi connectivity index (χ3v) is 7.08. The van der Waals surface area contributed by atoms with Crippen LogP contribution in [0.25, 0.3) is 0 Å². The zero-order valence-electron chi connectivity index (χ0n) is 18.4. The van der Waals surface area contributed by atoms with Gasteiger partial charge in [0.25, 0.3) is 0 Å². The maximum Gasteiger partial charge on any atom is 0.339 e. The van der Waals surface area contributed by atoms with E-state index in [1.54, 1.807) is 24.3 Å². The number of methoxy groups -OCH3 is 1. The number of piperidine rings is 1. The van der Waals surface area contributed by atoms with E-state index in [0.717, 1.165) is 18.0 Å². The highest BCUT2D eigenvalue weighted by Gasteiger charge is 2.37. The van der Waals surface area contributed by atoms with E-state index in [2.05, 4.69) is 22.1 Å². The number of nitrogens with zero attached hydrogens (tertiary/aromatic N) is 3. The van der Waals surface area contributed by atoms with Crippen LogP contribution in [0.4, 0.5) is 10.8 Å². The van der Waals surface area contributed by atoms with E-state index in [1.807, 2.05) is 6.20 Å². The second-order valence-corrected chi connectivity index (χ2v) is 9.47. The van der Waals surface area contributed by atoms with E-state index in [0.29, 0.717) is 22.4 Å². The third kappa shape index (κ3) is 4.83. The standard InChI is InChI=1S/C23H28N4O4S/c1-15-7-5-6-10-26(15)14-17-12-24-23(32-17)25-21(29)16-11-20(28)27(13-16)19-9-4-3-8-18(19)22(30)31-2/h3-4,8-9,12,15-16H,5-7,10-11,13-14H2,1-2H3,(H,24,25,29). The molecule has 1 N–H and O–H groups in total. The summed E-state index contributed by atoms with van der Waals surface area (Å²) >= 11 is 1.48. The second kappa shape index (κ2) is 9.79. The summed E-state index contributed by atoms with van der Waals surface area (Å²) in [5, 5.41) is 3.42. The number of carbonyl (C=O) groups is 3. The fraction of sp³-hybridized carbons (Fsp3) is 0.478. The minimum absolute atomic E-state index is 0.0882. The van der Waals surface area contributed by atoms with Crippen LogP contribution < -0.4 is 10.2 Å². The Bertz CT molecular complexity index is 1010. The lowest BCUT2D eigenvalue weighted by molar-refractivity contribution is -0.122. The van der Waals surface area contributed by atoms with Crippen molar-refractivity contribution in [1.82, 2.24) is 9.88 Å². The molecule has 2 unspecified atom stereocenters. The summed E-state index contributed by atoms with van der Waals surface area (Å²) in [4.78, 5) is 47.0. The number of thiazole rings is 1. The van der Waals surface area contributed by atoms with Crippen molar-refractivity contribution < 1.29 is 19.1 Å². The number of esters is 1. The smallest absolute Gasteiger partial charge is 0.339 e. The number of likely N-dealkylation sites (tertiary alicyclic amines) is 1. The van der Waals surface area contributed by atoms with Crippen LogP contribution in [-0.2, 0) is 20.9 Å². The molecular weight excluding hydrogens is 428 g/mol. The van der Waals surface area contributed by atoms with E-state index in [4.69, 9.17) is 4.74 Å². The summed E-state index contributed by atoms with van der Waals surface area (Å²) in [5.41, 5.74) is 0.771. The van der Waals surface area contributed by atoms with Gasteiger partial charge < -0.3 is 15.0 Å². The van der Waals surface area contributed by atoms with Crippen molar-refractivity contribution in [2.45, 2.75) is 45.2 Å². The Hall–Kier alpha value is -2.78. The molecule has 1 aromatic carbocycles. The number of ether oxygens (including phenoxy) is 1. The molecule has 3 heterocycles. The molecule has 2 aliphatic rings. The molecular formula is C23H28N4O4S. The van der Waals surface area contributed by atoms with Crippen molar-refractivity contribution in [3.8, 4) is 0 Å². The topological polar surface area (TPSA) is 91.8 Å². The first-order chi connectivity index (χ1) is 15.5. The number of anilines is 2. The van der Waals surface area contributed by atoms with Crippen LogP contribution in [0, 0.1) is 5.92 Å². The molecule has 8 nitrogen and oxygen atoms in total. The molecule has 32 heavy (non-hydrogen) atoms. The fourth-order valence-corrected chi connectivity index (χ4v) is 5.19. The molecule has 9 heteroatoms. The average molecular weight is 457 g/mol. The predicted molar refractivity (Wildman–Crippen MR) is 123 cm³/mol. The number of benzene rings is 1. The van der Waals surface area contributed by atoms with Crippen molar-refractivity contribution in [2.75, 3.05) is 30.4 Å². The first kappa shape index (κ1) is 22.4. The first-order valence-electron chi connectivity index (χ1n) is 10.9.